The Balaban J connectivity index is 2.23. The fourth-order valence-corrected chi connectivity index (χ4v) is 1.59. The molecule has 0 aliphatic carbocycles. The minimum Gasteiger partial charge on any atom is -0.379 e. The second kappa shape index (κ2) is 4.98. The van der Waals surface area contributed by atoms with Gasteiger partial charge in [-0.3, -0.25) is 0 Å². The minimum absolute atomic E-state index is 0.200. The Bertz CT molecular complexity index is 152. The molecular formula is C9H19BO3. The van der Waals surface area contributed by atoms with Gasteiger partial charge in [-0.15, -0.1) is 0 Å². The largest absolute Gasteiger partial charge is 0.379 e. The van der Waals surface area contributed by atoms with Gasteiger partial charge in [-0.25, -0.2) is 0 Å². The molecule has 0 bridgehead atoms. The van der Waals surface area contributed by atoms with E-state index in [-0.39, 0.29) is 24.3 Å². The molecule has 0 unspecified atom stereocenters. The Morgan fingerprint density at radius 2 is 2.23 bits per heavy atom. The minimum atomic E-state index is 0.200. The summed E-state index contributed by atoms with van der Waals surface area (Å²) >= 11 is 0. The normalized spacial score (nSPS) is 34.3. The van der Waals surface area contributed by atoms with Gasteiger partial charge in [0.05, 0.1) is 30.9 Å². The lowest BCUT2D eigenvalue weighted by Crippen LogP contribution is -2.22. The Morgan fingerprint density at radius 3 is 2.69 bits per heavy atom. The van der Waals surface area contributed by atoms with Crippen LogP contribution in [0.4, 0.5) is 0 Å². The van der Waals surface area contributed by atoms with Crippen LogP contribution in [0.25, 0.3) is 0 Å². The molecule has 0 saturated carbocycles. The van der Waals surface area contributed by atoms with Crippen molar-refractivity contribution >= 4 is 7.85 Å². The zero-order valence-corrected chi connectivity index (χ0v) is 8.95. The first kappa shape index (κ1) is 11.0. The fourth-order valence-electron chi connectivity index (χ4n) is 1.59. The first-order valence-electron chi connectivity index (χ1n) is 4.93. The van der Waals surface area contributed by atoms with Gasteiger partial charge in [0.1, 0.15) is 7.85 Å². The third-order valence-electron chi connectivity index (χ3n) is 2.34. The SMILES string of the molecule is B[C@@H]1O[C@H](COC(C)C)C[C@H]1OC. The topological polar surface area (TPSA) is 27.7 Å². The predicted molar refractivity (Wildman–Crippen MR) is 53.7 cm³/mol. The molecule has 1 fully saturated rings. The van der Waals surface area contributed by atoms with E-state index in [0.29, 0.717) is 6.61 Å². The maximum Gasteiger partial charge on any atom is 0.142 e. The molecule has 3 nitrogen and oxygen atoms in total. The van der Waals surface area contributed by atoms with E-state index in [1.54, 1.807) is 7.11 Å². The number of rotatable bonds is 4. The van der Waals surface area contributed by atoms with Crippen molar-refractivity contribution in [3.8, 4) is 0 Å². The molecule has 0 aromatic carbocycles. The highest BCUT2D eigenvalue weighted by Gasteiger charge is 2.31. The molecule has 1 aliphatic rings. The van der Waals surface area contributed by atoms with Crippen molar-refractivity contribution in [3.05, 3.63) is 0 Å². The van der Waals surface area contributed by atoms with Gasteiger partial charge in [0.25, 0.3) is 0 Å². The van der Waals surface area contributed by atoms with Crippen molar-refractivity contribution in [1.82, 2.24) is 0 Å². The summed E-state index contributed by atoms with van der Waals surface area (Å²) in [6.07, 6.45) is 1.67. The van der Waals surface area contributed by atoms with Crippen LogP contribution in [0.1, 0.15) is 20.3 Å². The van der Waals surface area contributed by atoms with Gasteiger partial charge >= 0.3 is 0 Å². The Hall–Kier alpha value is -0.0551. The van der Waals surface area contributed by atoms with Crippen molar-refractivity contribution in [3.63, 3.8) is 0 Å². The number of ether oxygens (including phenoxy) is 3. The Labute approximate surface area is 81.1 Å². The van der Waals surface area contributed by atoms with E-state index in [4.69, 9.17) is 14.2 Å². The summed E-state index contributed by atoms with van der Waals surface area (Å²) in [5.74, 6) is 0. The molecule has 1 saturated heterocycles. The molecule has 1 aliphatic heterocycles. The van der Waals surface area contributed by atoms with Crippen molar-refractivity contribution in [1.29, 1.82) is 0 Å². The lowest BCUT2D eigenvalue weighted by molar-refractivity contribution is -0.0201. The van der Waals surface area contributed by atoms with Crippen molar-refractivity contribution < 1.29 is 14.2 Å². The van der Waals surface area contributed by atoms with Gasteiger partial charge in [-0.1, -0.05) is 0 Å². The first-order chi connectivity index (χ1) is 6.13. The van der Waals surface area contributed by atoms with Crippen LogP contribution in [0.3, 0.4) is 0 Å². The third-order valence-corrected chi connectivity index (χ3v) is 2.34. The molecule has 1 rings (SSSR count). The quantitative estimate of drug-likeness (QED) is 0.586. The average Bonchev–Trinajstić information content (AvgIpc) is 2.43. The molecule has 0 N–H and O–H groups in total. The zero-order chi connectivity index (χ0) is 9.84. The van der Waals surface area contributed by atoms with E-state index < -0.39 is 0 Å². The third kappa shape index (κ3) is 3.29. The van der Waals surface area contributed by atoms with Crippen molar-refractivity contribution in [2.75, 3.05) is 13.7 Å². The fraction of sp³-hybridized carbons (Fsp3) is 1.00. The first-order valence-corrected chi connectivity index (χ1v) is 4.93. The van der Waals surface area contributed by atoms with E-state index >= 15 is 0 Å². The maximum atomic E-state index is 5.67. The second-order valence-electron chi connectivity index (χ2n) is 3.86. The van der Waals surface area contributed by atoms with Crippen LogP contribution < -0.4 is 0 Å². The molecule has 0 spiro atoms. The van der Waals surface area contributed by atoms with Crippen LogP contribution >= 0.6 is 0 Å². The molecule has 0 amide bonds. The molecule has 13 heavy (non-hydrogen) atoms. The molecule has 3 atom stereocenters. The number of hydrogen-bond donors (Lipinski definition) is 0. The Morgan fingerprint density at radius 1 is 1.54 bits per heavy atom. The summed E-state index contributed by atoms with van der Waals surface area (Å²) < 4.78 is 16.4. The highest BCUT2D eigenvalue weighted by molar-refractivity contribution is 6.11. The summed E-state index contributed by atoms with van der Waals surface area (Å²) in [6.45, 7) is 4.75. The van der Waals surface area contributed by atoms with Crippen LogP contribution in [-0.2, 0) is 14.2 Å². The van der Waals surface area contributed by atoms with E-state index in [0.717, 1.165) is 6.42 Å². The van der Waals surface area contributed by atoms with Gasteiger partial charge in [-0.05, 0) is 13.8 Å². The molecule has 4 heteroatoms. The van der Waals surface area contributed by atoms with Crippen molar-refractivity contribution in [2.24, 2.45) is 0 Å². The average molecular weight is 186 g/mol. The van der Waals surface area contributed by atoms with E-state index in [1.807, 2.05) is 21.7 Å². The summed E-state index contributed by atoms with van der Waals surface area (Å²) in [5, 5.41) is 0. The summed E-state index contributed by atoms with van der Waals surface area (Å²) in [4.78, 5) is 0. The van der Waals surface area contributed by atoms with E-state index in [9.17, 15) is 0 Å². The highest BCUT2D eigenvalue weighted by Crippen LogP contribution is 2.21. The van der Waals surface area contributed by atoms with Crippen molar-refractivity contribution in [2.45, 2.75) is 44.6 Å². The zero-order valence-electron chi connectivity index (χ0n) is 8.95. The molecule has 0 aromatic rings. The molecular weight excluding hydrogens is 167 g/mol. The molecule has 76 valence electrons. The van der Waals surface area contributed by atoms with Gasteiger partial charge in [0.2, 0.25) is 0 Å². The van der Waals surface area contributed by atoms with Gasteiger partial charge in [-0.2, -0.15) is 0 Å². The van der Waals surface area contributed by atoms with Crippen LogP contribution in [0, 0.1) is 0 Å². The van der Waals surface area contributed by atoms with E-state index in [1.165, 1.54) is 0 Å². The standard InChI is InChI=1S/C9H19BO3/c1-6(2)12-5-7-4-8(11-3)9(10)13-7/h6-9H,4-5,10H2,1-3H3/t7-,8+,9+/m0/s1. The summed E-state index contributed by atoms with van der Waals surface area (Å²) in [7, 11) is 3.78. The van der Waals surface area contributed by atoms with Gasteiger partial charge in [0.15, 0.2) is 0 Å². The molecule has 0 radical (unpaired) electrons. The summed E-state index contributed by atoms with van der Waals surface area (Å²) in [5.41, 5.74) is 0. The van der Waals surface area contributed by atoms with Crippen LogP contribution in [0.15, 0.2) is 0 Å². The van der Waals surface area contributed by atoms with Crippen LogP contribution in [0.2, 0.25) is 0 Å². The van der Waals surface area contributed by atoms with Crippen LogP contribution in [0.5, 0.6) is 0 Å². The van der Waals surface area contributed by atoms with Gasteiger partial charge < -0.3 is 14.2 Å². The maximum absolute atomic E-state index is 5.67. The second-order valence-corrected chi connectivity index (χ2v) is 3.86. The van der Waals surface area contributed by atoms with Crippen LogP contribution in [-0.4, -0.2) is 45.9 Å². The lowest BCUT2D eigenvalue weighted by atomic mass is 9.94. The highest BCUT2D eigenvalue weighted by atomic mass is 16.6. The van der Waals surface area contributed by atoms with E-state index in [2.05, 4.69) is 0 Å². The lowest BCUT2D eigenvalue weighted by Gasteiger charge is -2.13. The molecule has 0 aromatic heterocycles. The monoisotopic (exact) mass is 186 g/mol. The predicted octanol–water partition coefficient (Wildman–Crippen LogP) is 0.174. The molecule has 1 heterocycles. The summed E-state index contributed by atoms with van der Waals surface area (Å²) in [6, 6.07) is 0.200. The van der Waals surface area contributed by atoms with Gasteiger partial charge in [0, 0.05) is 13.5 Å². The number of methoxy groups -OCH3 is 1. The smallest absolute Gasteiger partial charge is 0.142 e. The Kier molecular flexibility index (Phi) is 4.23. The number of hydrogen-bond acceptors (Lipinski definition) is 3.